The number of hydrogen-bond donors (Lipinski definition) is 0. The van der Waals surface area contributed by atoms with Gasteiger partial charge in [0.1, 0.15) is 11.5 Å². The Kier molecular flexibility index (Phi) is 23.2. The SMILES string of the molecule is O=P([O-])([O-])CP(=O)([O-])Oc1ccccc1.O=P([O-])([O-])CP(=O)([O-])Oc1ccccc1.[Ba+2].[Ba+2].[Ba+2]. The minimum absolute atomic E-state index is 0. The minimum Gasteiger partial charge on any atom is -0.810 e. The van der Waals surface area contributed by atoms with Gasteiger partial charge in [-0.15, -0.1) is 0 Å². The molecule has 2 rings (SSSR count). The van der Waals surface area contributed by atoms with E-state index in [1.165, 1.54) is 48.5 Å². The van der Waals surface area contributed by atoms with Crippen molar-refractivity contribution in [2.75, 3.05) is 11.8 Å². The molecule has 0 N–H and O–H groups in total. The molecule has 0 amide bonds. The summed E-state index contributed by atoms with van der Waals surface area (Å²) < 4.78 is 51.4. The molecule has 33 heavy (non-hydrogen) atoms. The van der Waals surface area contributed by atoms with Crippen LogP contribution in [-0.4, -0.2) is 158 Å². The fraction of sp³-hybridized carbons (Fsp3) is 0.143. The fourth-order valence-corrected chi connectivity index (χ4v) is 6.51. The third-order valence-electron chi connectivity index (χ3n) is 2.67. The van der Waals surface area contributed by atoms with Crippen LogP contribution in [0.25, 0.3) is 0 Å². The van der Waals surface area contributed by atoms with Crippen LogP contribution in [0.5, 0.6) is 11.5 Å². The van der Waals surface area contributed by atoms with E-state index in [0.717, 1.165) is 0 Å². The van der Waals surface area contributed by atoms with E-state index in [1.54, 1.807) is 12.1 Å². The Balaban J connectivity index is -0.000000500. The van der Waals surface area contributed by atoms with Crippen molar-refractivity contribution in [3.05, 3.63) is 60.7 Å². The van der Waals surface area contributed by atoms with Crippen LogP contribution in [-0.2, 0) is 18.3 Å². The van der Waals surface area contributed by atoms with Crippen LogP contribution in [0.1, 0.15) is 0 Å². The van der Waals surface area contributed by atoms with Crippen LogP contribution >= 0.6 is 30.4 Å². The predicted octanol–water partition coefficient (Wildman–Crippen LogP) is -2.16. The van der Waals surface area contributed by atoms with E-state index in [4.69, 9.17) is 0 Å². The van der Waals surface area contributed by atoms with Crippen LogP contribution in [0, 0.1) is 0 Å². The van der Waals surface area contributed by atoms with Gasteiger partial charge >= 0.3 is 147 Å². The fourth-order valence-electron chi connectivity index (χ4n) is 1.77. The van der Waals surface area contributed by atoms with Crippen LogP contribution < -0.4 is 38.4 Å². The van der Waals surface area contributed by atoms with E-state index in [2.05, 4.69) is 9.05 Å². The van der Waals surface area contributed by atoms with Gasteiger partial charge < -0.3 is 47.5 Å². The molecule has 0 aliphatic rings. The van der Waals surface area contributed by atoms with Crippen molar-refractivity contribution in [2.24, 2.45) is 0 Å². The molecule has 0 heterocycles. The second-order valence-corrected chi connectivity index (χ2v) is 13.1. The molecule has 0 aliphatic carbocycles. The van der Waals surface area contributed by atoms with Gasteiger partial charge in [0.2, 0.25) is 0 Å². The Labute approximate surface area is 311 Å². The summed E-state index contributed by atoms with van der Waals surface area (Å²) in [6.45, 7) is 0. The van der Waals surface area contributed by atoms with Gasteiger partial charge in [-0.3, -0.25) is 9.13 Å². The van der Waals surface area contributed by atoms with Gasteiger partial charge in [0.05, 0.1) is 11.8 Å². The third-order valence-corrected chi connectivity index (χ3v) is 9.19. The zero-order valence-corrected chi connectivity index (χ0v) is 33.9. The summed E-state index contributed by atoms with van der Waals surface area (Å²) in [4.78, 5) is 63.1. The first-order valence-electron chi connectivity index (χ1n) is 7.69. The summed E-state index contributed by atoms with van der Waals surface area (Å²) in [5, 5.41) is 0. The molecule has 0 aromatic heterocycles. The molecule has 0 saturated heterocycles. The average molecular weight is 910 g/mol. The Bertz CT molecular complexity index is 918. The van der Waals surface area contributed by atoms with E-state index >= 15 is 0 Å². The zero-order valence-electron chi connectivity index (χ0n) is 17.0. The maximum Gasteiger partial charge on any atom is 2.00 e. The summed E-state index contributed by atoms with van der Waals surface area (Å²) in [6.07, 6.45) is 0. The molecule has 2 atom stereocenters. The van der Waals surface area contributed by atoms with Crippen molar-refractivity contribution in [3.8, 4) is 11.5 Å². The summed E-state index contributed by atoms with van der Waals surface area (Å²) >= 11 is 0. The summed E-state index contributed by atoms with van der Waals surface area (Å²) in [5.74, 6) is -3.09. The first-order chi connectivity index (χ1) is 13.6. The van der Waals surface area contributed by atoms with Crippen molar-refractivity contribution < 1.29 is 56.7 Å². The van der Waals surface area contributed by atoms with E-state index in [9.17, 15) is 47.6 Å². The third kappa shape index (κ3) is 23.1. The first-order valence-corrected chi connectivity index (χ1v) is 14.6. The van der Waals surface area contributed by atoms with Crippen molar-refractivity contribution in [1.82, 2.24) is 0 Å². The van der Waals surface area contributed by atoms with Gasteiger partial charge in [0.15, 0.2) is 15.2 Å². The van der Waals surface area contributed by atoms with Gasteiger partial charge in [-0.05, 0) is 24.3 Å². The molecule has 2 unspecified atom stereocenters. The normalized spacial score (nSPS) is 14.2. The molecule has 0 radical (unpaired) electrons. The number of benzene rings is 2. The molecule has 168 valence electrons. The van der Waals surface area contributed by atoms with Gasteiger partial charge in [0, 0.05) is 0 Å². The second kappa shape index (κ2) is 18.7. The first kappa shape index (κ1) is 40.9. The molecule has 19 heteroatoms. The molecular weight excluding hydrogens is 896 g/mol. The Morgan fingerprint density at radius 1 is 0.515 bits per heavy atom. The molecule has 0 bridgehead atoms. The van der Waals surface area contributed by atoms with Crippen molar-refractivity contribution >= 4 is 177 Å². The number of rotatable bonds is 8. The van der Waals surface area contributed by atoms with Gasteiger partial charge in [-0.2, -0.15) is 0 Å². The number of para-hydroxylation sites is 2. The predicted molar refractivity (Wildman–Crippen MR) is 112 cm³/mol. The maximum atomic E-state index is 11.0. The molecule has 0 saturated carbocycles. The topological polar surface area (TPSA) is 225 Å². The van der Waals surface area contributed by atoms with Crippen molar-refractivity contribution in [1.29, 1.82) is 0 Å². The second-order valence-electron chi connectivity index (χ2n) is 5.54. The van der Waals surface area contributed by atoms with Crippen molar-refractivity contribution in [3.63, 3.8) is 0 Å². The van der Waals surface area contributed by atoms with Gasteiger partial charge in [-0.1, -0.05) is 51.6 Å². The Hall–Kier alpha value is 3.43. The Morgan fingerprint density at radius 2 is 0.758 bits per heavy atom. The monoisotopic (exact) mass is 912 g/mol. The molecule has 12 nitrogen and oxygen atoms in total. The number of hydrogen-bond acceptors (Lipinski definition) is 12. The largest absolute Gasteiger partial charge is 2.00 e. The smallest absolute Gasteiger partial charge is 0.810 e. The zero-order chi connectivity index (χ0) is 23.1. The maximum absolute atomic E-state index is 11.0. The van der Waals surface area contributed by atoms with E-state index in [0.29, 0.717) is 0 Å². The summed E-state index contributed by atoms with van der Waals surface area (Å²) in [5.41, 5.74) is 0. The van der Waals surface area contributed by atoms with E-state index in [1.807, 2.05) is 0 Å². The quantitative estimate of drug-likeness (QED) is 0.204. The minimum atomic E-state index is -5.12. The van der Waals surface area contributed by atoms with Gasteiger partial charge in [0.25, 0.3) is 0 Å². The molecular formula is C14H14Ba3O12P4. The molecule has 0 aliphatic heterocycles. The Morgan fingerprint density at radius 3 is 0.970 bits per heavy atom. The molecule has 0 fully saturated rings. The standard InChI is InChI=1S/2C7H10O6P2.3Ba/c2*8-14(9,10)6-15(11,12)13-7-4-2-1-3-5-7;;;/h2*1-5H,6H2,(H,11,12)(H2,8,9,10);;;/q;;3*+2/p-6. The van der Waals surface area contributed by atoms with Gasteiger partial charge in [-0.25, -0.2) is 0 Å². The van der Waals surface area contributed by atoms with Crippen LogP contribution in [0.3, 0.4) is 0 Å². The average Bonchev–Trinajstić information content (AvgIpc) is 2.51. The van der Waals surface area contributed by atoms with Crippen molar-refractivity contribution in [2.45, 2.75) is 0 Å². The summed E-state index contributed by atoms with van der Waals surface area (Å²) in [7, 11) is -19.6. The van der Waals surface area contributed by atoms with Crippen LogP contribution in [0.15, 0.2) is 60.7 Å². The molecule has 2 aromatic rings. The van der Waals surface area contributed by atoms with Crippen LogP contribution in [0.2, 0.25) is 0 Å². The van der Waals surface area contributed by atoms with E-state index < -0.39 is 42.2 Å². The van der Waals surface area contributed by atoms with Crippen LogP contribution in [0.4, 0.5) is 0 Å². The summed E-state index contributed by atoms with van der Waals surface area (Å²) in [6, 6.07) is 14.7. The molecule has 2 aromatic carbocycles. The molecule has 0 spiro atoms. The van der Waals surface area contributed by atoms with E-state index in [-0.39, 0.29) is 158 Å².